The van der Waals surface area contributed by atoms with E-state index in [1.807, 2.05) is 13.8 Å². The van der Waals surface area contributed by atoms with Crippen LogP contribution in [0.25, 0.3) is 0 Å². The molecule has 8 heteroatoms. The molecule has 2 aromatic carbocycles. The quantitative estimate of drug-likeness (QED) is 0.495. The molecule has 8 nitrogen and oxygen atoms in total. The van der Waals surface area contributed by atoms with Gasteiger partial charge in [0.25, 0.3) is 11.8 Å². The number of rotatable bonds is 9. The summed E-state index contributed by atoms with van der Waals surface area (Å²) in [6.45, 7) is 4.38. The van der Waals surface area contributed by atoms with Crippen LogP contribution < -0.4 is 20.3 Å². The van der Waals surface area contributed by atoms with E-state index in [0.29, 0.717) is 35.8 Å². The number of amides is 2. The van der Waals surface area contributed by atoms with Crippen LogP contribution in [0.2, 0.25) is 0 Å². The topological polar surface area (TPSA) is 103 Å². The fraction of sp³-hybridized carbons (Fsp3) is 0.286. The van der Waals surface area contributed by atoms with E-state index in [1.165, 1.54) is 0 Å². The van der Waals surface area contributed by atoms with Crippen molar-refractivity contribution in [2.24, 2.45) is 0 Å². The van der Waals surface area contributed by atoms with Crippen molar-refractivity contribution in [2.75, 3.05) is 19.8 Å². The lowest BCUT2D eigenvalue weighted by Crippen LogP contribution is -2.43. The van der Waals surface area contributed by atoms with Crippen molar-refractivity contribution in [3.8, 4) is 11.5 Å². The molecular weight excluding hydrogens is 376 g/mol. The van der Waals surface area contributed by atoms with Crippen LogP contribution in [-0.4, -0.2) is 37.6 Å². The molecule has 0 saturated carbocycles. The first-order valence-electron chi connectivity index (χ1n) is 9.25. The molecule has 0 aromatic heterocycles. The molecule has 0 spiro atoms. The Kier molecular flexibility index (Phi) is 8.50. The third-order valence-corrected chi connectivity index (χ3v) is 3.64. The minimum Gasteiger partial charge on any atom is -0.494 e. The van der Waals surface area contributed by atoms with Crippen molar-refractivity contribution in [2.45, 2.75) is 20.3 Å². The molecule has 0 aliphatic carbocycles. The number of ether oxygens (including phenoxy) is 3. The van der Waals surface area contributed by atoms with Gasteiger partial charge in [0.15, 0.2) is 6.61 Å². The van der Waals surface area contributed by atoms with Gasteiger partial charge in [-0.25, -0.2) is 4.79 Å². The number of benzene rings is 2. The van der Waals surface area contributed by atoms with Gasteiger partial charge in [-0.1, -0.05) is 6.92 Å². The van der Waals surface area contributed by atoms with Gasteiger partial charge in [0, 0.05) is 5.56 Å². The molecule has 0 saturated heterocycles. The fourth-order valence-corrected chi connectivity index (χ4v) is 2.22. The van der Waals surface area contributed by atoms with Gasteiger partial charge >= 0.3 is 5.97 Å². The van der Waals surface area contributed by atoms with E-state index in [9.17, 15) is 14.4 Å². The number of carbonyl (C=O) groups is 3. The minimum atomic E-state index is -0.532. The summed E-state index contributed by atoms with van der Waals surface area (Å²) in [6, 6.07) is 12.8. The molecule has 29 heavy (non-hydrogen) atoms. The number of esters is 1. The van der Waals surface area contributed by atoms with Crippen LogP contribution in [0.15, 0.2) is 48.5 Å². The maximum atomic E-state index is 12.0. The smallest absolute Gasteiger partial charge is 0.338 e. The van der Waals surface area contributed by atoms with Gasteiger partial charge in [0.2, 0.25) is 0 Å². The van der Waals surface area contributed by atoms with Crippen molar-refractivity contribution in [3.63, 3.8) is 0 Å². The summed E-state index contributed by atoms with van der Waals surface area (Å²) in [6.07, 6.45) is 0.747. The zero-order chi connectivity index (χ0) is 21.1. The second kappa shape index (κ2) is 11.3. The third-order valence-electron chi connectivity index (χ3n) is 3.64. The largest absolute Gasteiger partial charge is 0.494 e. The Labute approximate surface area is 169 Å². The monoisotopic (exact) mass is 400 g/mol. The molecule has 0 aliphatic rings. The molecule has 0 atom stereocenters. The molecule has 2 N–H and O–H groups in total. The summed E-state index contributed by atoms with van der Waals surface area (Å²) in [4.78, 5) is 35.6. The normalized spacial score (nSPS) is 10.0. The van der Waals surface area contributed by atoms with E-state index in [0.717, 1.165) is 6.42 Å². The second-order valence-corrected chi connectivity index (χ2v) is 5.91. The number of hydrazine groups is 1. The Hall–Kier alpha value is -3.55. The van der Waals surface area contributed by atoms with Crippen LogP contribution in [0.4, 0.5) is 0 Å². The van der Waals surface area contributed by atoms with Gasteiger partial charge in [-0.3, -0.25) is 20.4 Å². The van der Waals surface area contributed by atoms with Crippen LogP contribution in [-0.2, 0) is 9.53 Å². The highest BCUT2D eigenvalue weighted by atomic mass is 16.5. The summed E-state index contributed by atoms with van der Waals surface area (Å²) in [5.74, 6) is -0.337. The number of nitrogens with one attached hydrogen (secondary N) is 2. The van der Waals surface area contributed by atoms with E-state index < -0.39 is 17.8 Å². The molecule has 0 unspecified atom stereocenters. The molecule has 2 rings (SSSR count). The Morgan fingerprint density at radius 1 is 0.793 bits per heavy atom. The zero-order valence-electron chi connectivity index (χ0n) is 16.4. The van der Waals surface area contributed by atoms with E-state index in [1.54, 1.807) is 48.5 Å². The summed E-state index contributed by atoms with van der Waals surface area (Å²) in [5.41, 5.74) is 5.36. The Balaban J connectivity index is 1.75. The van der Waals surface area contributed by atoms with Crippen LogP contribution in [0, 0.1) is 0 Å². The molecule has 0 aliphatic heterocycles. The highest BCUT2D eigenvalue weighted by molar-refractivity contribution is 5.95. The van der Waals surface area contributed by atoms with Crippen molar-refractivity contribution in [1.82, 2.24) is 10.9 Å². The molecule has 2 aromatic rings. The van der Waals surface area contributed by atoms with Crippen molar-refractivity contribution < 1.29 is 28.6 Å². The first kappa shape index (κ1) is 21.7. The Bertz CT molecular complexity index is 818. The molecule has 0 heterocycles. The number of carbonyl (C=O) groups excluding carboxylic acids is 3. The standard InChI is InChI=1S/C21H24N2O6/c1-3-13-28-21(26)16-7-11-18(12-8-16)29-14-19(24)22-23-20(25)15-5-9-17(10-6-15)27-4-2/h5-12H,3-4,13-14H2,1-2H3,(H,22,24)(H,23,25). The summed E-state index contributed by atoms with van der Waals surface area (Å²) in [5, 5.41) is 0. The third kappa shape index (κ3) is 7.17. The van der Waals surface area contributed by atoms with Crippen LogP contribution in [0.3, 0.4) is 0 Å². The van der Waals surface area contributed by atoms with Gasteiger partial charge in [-0.2, -0.15) is 0 Å². The van der Waals surface area contributed by atoms with E-state index in [2.05, 4.69) is 10.9 Å². The second-order valence-electron chi connectivity index (χ2n) is 5.91. The Morgan fingerprint density at radius 2 is 1.38 bits per heavy atom. The fourth-order valence-electron chi connectivity index (χ4n) is 2.22. The highest BCUT2D eigenvalue weighted by Gasteiger charge is 2.10. The first-order chi connectivity index (χ1) is 14.0. The minimum absolute atomic E-state index is 0.302. The summed E-state index contributed by atoms with van der Waals surface area (Å²) < 4.78 is 15.7. The van der Waals surface area contributed by atoms with Gasteiger partial charge in [-0.05, 0) is 61.9 Å². The molecule has 0 fully saturated rings. The summed E-state index contributed by atoms with van der Waals surface area (Å²) in [7, 11) is 0. The average molecular weight is 400 g/mol. The SMILES string of the molecule is CCCOC(=O)c1ccc(OCC(=O)NNC(=O)c2ccc(OCC)cc2)cc1. The van der Waals surface area contributed by atoms with Crippen LogP contribution >= 0.6 is 0 Å². The van der Waals surface area contributed by atoms with Crippen molar-refractivity contribution in [3.05, 3.63) is 59.7 Å². The van der Waals surface area contributed by atoms with Crippen LogP contribution in [0.5, 0.6) is 11.5 Å². The average Bonchev–Trinajstić information content (AvgIpc) is 2.75. The predicted octanol–water partition coefficient (Wildman–Crippen LogP) is 2.49. The van der Waals surface area contributed by atoms with Gasteiger partial charge in [0.1, 0.15) is 11.5 Å². The summed E-state index contributed by atoms with van der Waals surface area (Å²) >= 11 is 0. The van der Waals surface area contributed by atoms with Gasteiger partial charge < -0.3 is 14.2 Å². The maximum Gasteiger partial charge on any atom is 0.338 e. The lowest BCUT2D eigenvalue weighted by molar-refractivity contribution is -0.123. The molecule has 0 bridgehead atoms. The van der Waals surface area contributed by atoms with Gasteiger partial charge in [-0.15, -0.1) is 0 Å². The predicted molar refractivity (Wildman–Crippen MR) is 106 cm³/mol. The zero-order valence-corrected chi connectivity index (χ0v) is 16.4. The highest BCUT2D eigenvalue weighted by Crippen LogP contribution is 2.13. The lowest BCUT2D eigenvalue weighted by Gasteiger charge is -2.10. The first-order valence-corrected chi connectivity index (χ1v) is 9.25. The van der Waals surface area contributed by atoms with Crippen molar-refractivity contribution in [1.29, 1.82) is 0 Å². The molecule has 2 amide bonds. The van der Waals surface area contributed by atoms with E-state index in [4.69, 9.17) is 14.2 Å². The van der Waals surface area contributed by atoms with Crippen molar-refractivity contribution >= 4 is 17.8 Å². The maximum absolute atomic E-state index is 12.0. The van der Waals surface area contributed by atoms with Gasteiger partial charge in [0.05, 0.1) is 18.8 Å². The van der Waals surface area contributed by atoms with E-state index >= 15 is 0 Å². The molecule has 154 valence electrons. The Morgan fingerprint density at radius 3 is 1.97 bits per heavy atom. The van der Waals surface area contributed by atoms with Crippen LogP contribution in [0.1, 0.15) is 41.0 Å². The molecular formula is C21H24N2O6. The number of hydrogen-bond acceptors (Lipinski definition) is 6. The lowest BCUT2D eigenvalue weighted by atomic mass is 10.2. The van der Waals surface area contributed by atoms with E-state index in [-0.39, 0.29) is 6.61 Å². The molecule has 0 radical (unpaired) electrons. The number of hydrogen-bond donors (Lipinski definition) is 2.